The summed E-state index contributed by atoms with van der Waals surface area (Å²) < 4.78 is 0. The van der Waals surface area contributed by atoms with Crippen molar-refractivity contribution in [2.24, 2.45) is 0 Å². The second-order valence-corrected chi connectivity index (χ2v) is 5.82. The average molecular weight is 300 g/mol. The molecule has 1 nitrogen and oxygen atoms in total. The highest BCUT2D eigenvalue weighted by atomic mass is 14.9. The summed E-state index contributed by atoms with van der Waals surface area (Å²) in [7, 11) is 0. The van der Waals surface area contributed by atoms with Gasteiger partial charge in [-0.3, -0.25) is 0 Å². The first-order chi connectivity index (χ1) is 10.5. The van der Waals surface area contributed by atoms with Crippen LogP contribution in [0.15, 0.2) is 71.5 Å². The lowest BCUT2D eigenvalue weighted by Gasteiger charge is -2.08. The lowest BCUT2D eigenvalue weighted by Crippen LogP contribution is -2.14. The van der Waals surface area contributed by atoms with Crippen LogP contribution in [-0.2, 0) is 0 Å². The van der Waals surface area contributed by atoms with Crippen molar-refractivity contribution in [1.29, 1.82) is 0 Å². The fourth-order valence-electron chi connectivity index (χ4n) is 1.69. The topological polar surface area (TPSA) is 12.0 Å². The summed E-state index contributed by atoms with van der Waals surface area (Å²) in [6, 6.07) is 0. The molecule has 0 amide bonds. The third-order valence-electron chi connectivity index (χ3n) is 3.36. The van der Waals surface area contributed by atoms with Gasteiger partial charge in [0.1, 0.15) is 0 Å². The van der Waals surface area contributed by atoms with Gasteiger partial charge < -0.3 is 5.32 Å². The Morgan fingerprint density at radius 2 is 1.77 bits per heavy atom. The summed E-state index contributed by atoms with van der Waals surface area (Å²) in [5, 5.41) is 3.42. The van der Waals surface area contributed by atoms with Crippen LogP contribution in [0.1, 0.15) is 53.9 Å². The van der Waals surface area contributed by atoms with Gasteiger partial charge in [0.25, 0.3) is 0 Å². The Morgan fingerprint density at radius 1 is 1.05 bits per heavy atom. The molecule has 0 saturated heterocycles. The van der Waals surface area contributed by atoms with Crippen LogP contribution in [0.4, 0.5) is 0 Å². The van der Waals surface area contributed by atoms with E-state index in [-0.39, 0.29) is 0 Å². The number of hydrogen-bond donors (Lipinski definition) is 1. The highest BCUT2D eigenvalue weighted by Crippen LogP contribution is 2.06. The molecule has 0 aromatic carbocycles. The molecule has 0 aromatic heterocycles. The predicted molar refractivity (Wildman–Crippen MR) is 102 cm³/mol. The minimum Gasteiger partial charge on any atom is -0.381 e. The summed E-state index contributed by atoms with van der Waals surface area (Å²) in [4.78, 5) is 0. The molecule has 0 aliphatic carbocycles. The molecule has 0 radical (unpaired) electrons. The van der Waals surface area contributed by atoms with Crippen LogP contribution in [0, 0.1) is 0 Å². The van der Waals surface area contributed by atoms with Gasteiger partial charge in [-0.05, 0) is 46.3 Å². The molecule has 22 heavy (non-hydrogen) atoms. The maximum absolute atomic E-state index is 3.87. The van der Waals surface area contributed by atoms with Gasteiger partial charge in [0, 0.05) is 12.2 Å². The van der Waals surface area contributed by atoms with Gasteiger partial charge in [-0.25, -0.2) is 0 Å². The molecule has 1 N–H and O–H groups in total. The minimum absolute atomic E-state index is 0.839. The summed E-state index contributed by atoms with van der Waals surface area (Å²) in [5.41, 5.74) is 5.01. The quantitative estimate of drug-likeness (QED) is 0.371. The van der Waals surface area contributed by atoms with E-state index in [1.807, 2.05) is 6.08 Å². The molecule has 0 aliphatic rings. The molecule has 0 heterocycles. The van der Waals surface area contributed by atoms with Crippen molar-refractivity contribution in [1.82, 2.24) is 5.32 Å². The number of nitrogens with one attached hydrogen (secondary N) is 1. The van der Waals surface area contributed by atoms with Crippen molar-refractivity contribution in [3.63, 3.8) is 0 Å². The van der Waals surface area contributed by atoms with E-state index >= 15 is 0 Å². The average Bonchev–Trinajstić information content (AvgIpc) is 2.49. The Labute approximate surface area is 137 Å². The van der Waals surface area contributed by atoms with E-state index in [0.29, 0.717) is 0 Å². The van der Waals surface area contributed by atoms with E-state index in [1.54, 1.807) is 0 Å². The molecule has 0 aliphatic heterocycles. The van der Waals surface area contributed by atoms with Crippen molar-refractivity contribution in [3.8, 4) is 0 Å². The molecule has 0 saturated carbocycles. The zero-order valence-corrected chi connectivity index (χ0v) is 15.1. The third kappa shape index (κ3) is 11.0. The number of hydrogen-bond acceptors (Lipinski definition) is 1. The summed E-state index contributed by atoms with van der Waals surface area (Å²) in [5.74, 6) is 0. The highest BCUT2D eigenvalue weighted by Gasteiger charge is 1.95. The molecular weight excluding hydrogens is 266 g/mol. The van der Waals surface area contributed by atoms with E-state index in [1.165, 1.54) is 29.6 Å². The fraction of sp³-hybridized carbons (Fsp3) is 0.429. The van der Waals surface area contributed by atoms with Crippen molar-refractivity contribution >= 4 is 0 Å². The Morgan fingerprint density at radius 3 is 2.36 bits per heavy atom. The maximum atomic E-state index is 3.87. The summed E-state index contributed by atoms with van der Waals surface area (Å²) in [6.45, 7) is 15.4. The smallest absolute Gasteiger partial charge is 0.0363 e. The van der Waals surface area contributed by atoms with Crippen LogP contribution in [0.2, 0.25) is 0 Å². The van der Waals surface area contributed by atoms with E-state index in [2.05, 4.69) is 83.0 Å². The molecule has 0 fully saturated rings. The second kappa shape index (κ2) is 12.9. The standard InChI is InChI=1S/C21H33N/c1-7-9-10-11-12-16-21(8-2)22-17-20(6)19(5)15-13-14-18(3)4/h8,11-16,22H,2,7,9-10,17H2,1,3-6H3/b12-11+,15-13-,20-19+,21-16+. The molecule has 0 spiro atoms. The van der Waals surface area contributed by atoms with Crippen LogP contribution < -0.4 is 5.32 Å². The first-order valence-electron chi connectivity index (χ1n) is 8.22. The molecular formula is C21H33N. The molecule has 0 unspecified atom stereocenters. The van der Waals surface area contributed by atoms with Crippen LogP contribution in [0.3, 0.4) is 0 Å². The predicted octanol–water partition coefficient (Wildman–Crippen LogP) is 6.25. The zero-order valence-electron chi connectivity index (χ0n) is 15.1. The summed E-state index contributed by atoms with van der Waals surface area (Å²) >= 11 is 0. The van der Waals surface area contributed by atoms with E-state index in [9.17, 15) is 0 Å². The lowest BCUT2D eigenvalue weighted by atomic mass is 10.1. The van der Waals surface area contributed by atoms with Gasteiger partial charge in [-0.2, -0.15) is 0 Å². The van der Waals surface area contributed by atoms with E-state index < -0.39 is 0 Å². The third-order valence-corrected chi connectivity index (χ3v) is 3.36. The van der Waals surface area contributed by atoms with Gasteiger partial charge >= 0.3 is 0 Å². The van der Waals surface area contributed by atoms with Gasteiger partial charge in [-0.15, -0.1) is 0 Å². The first-order valence-corrected chi connectivity index (χ1v) is 8.22. The highest BCUT2D eigenvalue weighted by molar-refractivity contribution is 5.28. The van der Waals surface area contributed by atoms with Gasteiger partial charge in [0.15, 0.2) is 0 Å². The largest absolute Gasteiger partial charge is 0.381 e. The fourth-order valence-corrected chi connectivity index (χ4v) is 1.69. The minimum atomic E-state index is 0.839. The molecule has 0 bridgehead atoms. The number of rotatable bonds is 10. The molecule has 122 valence electrons. The molecule has 0 aromatic rings. The Kier molecular flexibility index (Phi) is 11.9. The van der Waals surface area contributed by atoms with Gasteiger partial charge in [0.2, 0.25) is 0 Å². The van der Waals surface area contributed by atoms with Crippen molar-refractivity contribution in [2.75, 3.05) is 6.54 Å². The van der Waals surface area contributed by atoms with E-state index in [4.69, 9.17) is 0 Å². The maximum Gasteiger partial charge on any atom is 0.0363 e. The Hall–Kier alpha value is -1.76. The van der Waals surface area contributed by atoms with Crippen molar-refractivity contribution in [2.45, 2.75) is 53.9 Å². The van der Waals surface area contributed by atoms with Crippen LogP contribution in [-0.4, -0.2) is 6.54 Å². The van der Waals surface area contributed by atoms with Crippen LogP contribution in [0.5, 0.6) is 0 Å². The molecule has 1 heteroatoms. The van der Waals surface area contributed by atoms with Crippen LogP contribution >= 0.6 is 0 Å². The normalized spacial score (nSPS) is 13.4. The van der Waals surface area contributed by atoms with E-state index in [0.717, 1.165) is 18.7 Å². The van der Waals surface area contributed by atoms with Gasteiger partial charge in [-0.1, -0.05) is 73.4 Å². The van der Waals surface area contributed by atoms with Crippen LogP contribution in [0.25, 0.3) is 0 Å². The SMILES string of the molecule is C=C/C(=C\C=C\CCCC)NC/C(C)=C(C)/C=C\C=C(C)C. The van der Waals surface area contributed by atoms with Gasteiger partial charge in [0.05, 0.1) is 0 Å². The Bertz CT molecular complexity index is 466. The lowest BCUT2D eigenvalue weighted by molar-refractivity contribution is 0.814. The number of allylic oxidation sites excluding steroid dienone is 9. The zero-order chi connectivity index (χ0) is 16.8. The summed E-state index contributed by atoms with van der Waals surface area (Å²) in [6.07, 6.45) is 18.3. The number of unbranched alkanes of at least 4 members (excludes halogenated alkanes) is 2. The monoisotopic (exact) mass is 299 g/mol. The first kappa shape index (κ1) is 20.2. The molecule has 0 atom stereocenters. The van der Waals surface area contributed by atoms with Crippen molar-refractivity contribution in [3.05, 3.63) is 71.5 Å². The van der Waals surface area contributed by atoms with Crippen molar-refractivity contribution < 1.29 is 0 Å². The molecule has 0 rings (SSSR count). The Balaban J connectivity index is 4.51. The second-order valence-electron chi connectivity index (χ2n) is 5.82.